The van der Waals surface area contributed by atoms with Crippen molar-refractivity contribution < 1.29 is 9.53 Å². The van der Waals surface area contributed by atoms with E-state index in [1.807, 2.05) is 18.2 Å². The maximum absolute atomic E-state index is 12.4. The highest BCUT2D eigenvalue weighted by atomic mass is 79.9. The quantitative estimate of drug-likeness (QED) is 0.761. The van der Waals surface area contributed by atoms with Crippen molar-refractivity contribution in [3.8, 4) is 5.75 Å². The lowest BCUT2D eigenvalue weighted by atomic mass is 9.85. The zero-order valence-corrected chi connectivity index (χ0v) is 15.4. The summed E-state index contributed by atoms with van der Waals surface area (Å²) in [6, 6.07) is 5.75. The lowest BCUT2D eigenvalue weighted by molar-refractivity contribution is -0.116. The van der Waals surface area contributed by atoms with E-state index in [0.29, 0.717) is 18.1 Å². The molecule has 1 aliphatic heterocycles. The van der Waals surface area contributed by atoms with Gasteiger partial charge >= 0.3 is 0 Å². The minimum absolute atomic E-state index is 0.192. The van der Waals surface area contributed by atoms with Crippen molar-refractivity contribution in [1.82, 2.24) is 10.6 Å². The zero-order chi connectivity index (χ0) is 16.4. The van der Waals surface area contributed by atoms with Crippen molar-refractivity contribution in [3.63, 3.8) is 0 Å². The molecule has 2 aliphatic rings. The second-order valence-electron chi connectivity index (χ2n) is 5.74. The van der Waals surface area contributed by atoms with Crippen molar-refractivity contribution >= 4 is 39.0 Å². The van der Waals surface area contributed by atoms with Gasteiger partial charge in [0.1, 0.15) is 5.75 Å². The molecule has 0 saturated heterocycles. The topological polar surface area (TPSA) is 50.4 Å². The van der Waals surface area contributed by atoms with Crippen molar-refractivity contribution in [1.29, 1.82) is 0 Å². The van der Waals surface area contributed by atoms with Crippen LogP contribution in [0.5, 0.6) is 5.75 Å². The Morgan fingerprint density at radius 2 is 2.22 bits per heavy atom. The molecule has 1 heterocycles. The molecule has 0 saturated carbocycles. The van der Waals surface area contributed by atoms with Gasteiger partial charge in [-0.25, -0.2) is 0 Å². The fraction of sp³-hybridized carbons (Fsp3) is 0.412. The smallest absolute Gasteiger partial charge is 0.171 e. The fourth-order valence-corrected chi connectivity index (χ4v) is 3.73. The molecule has 1 unspecified atom stereocenters. The van der Waals surface area contributed by atoms with Crippen LogP contribution in [0.2, 0.25) is 0 Å². The number of carbonyl (C=O) groups is 1. The van der Waals surface area contributed by atoms with Gasteiger partial charge in [0.05, 0.1) is 17.1 Å². The van der Waals surface area contributed by atoms with Gasteiger partial charge in [0, 0.05) is 17.7 Å². The van der Waals surface area contributed by atoms with E-state index < -0.39 is 0 Å². The highest BCUT2D eigenvalue weighted by Crippen LogP contribution is 2.36. The predicted octanol–water partition coefficient (Wildman–Crippen LogP) is 3.76. The van der Waals surface area contributed by atoms with Crippen LogP contribution in [0.4, 0.5) is 0 Å². The second-order valence-corrected chi connectivity index (χ2v) is 7.00. The lowest BCUT2D eigenvalue weighted by Crippen LogP contribution is -2.46. The normalized spacial score (nSPS) is 20.7. The first-order valence-electron chi connectivity index (χ1n) is 7.86. The van der Waals surface area contributed by atoms with Crippen LogP contribution in [-0.2, 0) is 4.79 Å². The number of Topliss-reactive ketones (excluding diaryl/α,β-unsaturated/α-hetero) is 1. The van der Waals surface area contributed by atoms with Crippen LogP contribution in [0.1, 0.15) is 44.2 Å². The fourth-order valence-electron chi connectivity index (χ4n) is 2.98. The molecule has 0 amide bonds. The molecule has 2 N–H and O–H groups in total. The largest absolute Gasteiger partial charge is 0.492 e. The average Bonchev–Trinajstić information content (AvgIpc) is 2.53. The van der Waals surface area contributed by atoms with Crippen molar-refractivity contribution in [3.05, 3.63) is 39.5 Å². The van der Waals surface area contributed by atoms with Crippen LogP contribution < -0.4 is 15.4 Å². The van der Waals surface area contributed by atoms with E-state index >= 15 is 0 Å². The summed E-state index contributed by atoms with van der Waals surface area (Å²) in [5, 5.41) is 6.95. The van der Waals surface area contributed by atoms with Gasteiger partial charge < -0.3 is 15.4 Å². The number of thiocarbonyl (C=S) groups is 1. The van der Waals surface area contributed by atoms with Crippen LogP contribution >= 0.6 is 28.1 Å². The summed E-state index contributed by atoms with van der Waals surface area (Å²) >= 11 is 8.86. The maximum Gasteiger partial charge on any atom is 0.171 e. The number of rotatable bonds is 4. The van der Waals surface area contributed by atoms with Gasteiger partial charge in [-0.1, -0.05) is 13.0 Å². The lowest BCUT2D eigenvalue weighted by Gasteiger charge is -2.34. The second kappa shape index (κ2) is 7.01. The van der Waals surface area contributed by atoms with Gasteiger partial charge in [-0.3, -0.25) is 4.79 Å². The zero-order valence-electron chi connectivity index (χ0n) is 12.9. The molecular weight excluding hydrogens is 376 g/mol. The maximum atomic E-state index is 12.4. The van der Waals surface area contributed by atoms with Crippen LogP contribution in [0.3, 0.4) is 0 Å². The summed E-state index contributed by atoms with van der Waals surface area (Å²) in [4.78, 5) is 12.4. The van der Waals surface area contributed by atoms with Gasteiger partial charge in [0.25, 0.3) is 0 Å². The third kappa shape index (κ3) is 3.43. The van der Waals surface area contributed by atoms with E-state index in [9.17, 15) is 4.79 Å². The van der Waals surface area contributed by atoms with Crippen LogP contribution in [0.25, 0.3) is 0 Å². The summed E-state index contributed by atoms with van der Waals surface area (Å²) in [7, 11) is 0. The van der Waals surface area contributed by atoms with Gasteiger partial charge in [0.15, 0.2) is 10.9 Å². The van der Waals surface area contributed by atoms with Gasteiger partial charge in [0.2, 0.25) is 0 Å². The van der Waals surface area contributed by atoms with Crippen LogP contribution in [0.15, 0.2) is 33.9 Å². The van der Waals surface area contributed by atoms with Crippen molar-refractivity contribution in [2.75, 3.05) is 6.61 Å². The van der Waals surface area contributed by atoms with E-state index in [1.54, 1.807) is 0 Å². The molecule has 23 heavy (non-hydrogen) atoms. The number of benzene rings is 1. The van der Waals surface area contributed by atoms with Gasteiger partial charge in [-0.05, 0) is 65.1 Å². The summed E-state index contributed by atoms with van der Waals surface area (Å²) in [6.07, 6.45) is 3.32. The average molecular weight is 395 g/mol. The first-order valence-corrected chi connectivity index (χ1v) is 9.06. The third-order valence-electron chi connectivity index (χ3n) is 4.04. The van der Waals surface area contributed by atoms with Crippen LogP contribution in [0, 0.1) is 0 Å². The Morgan fingerprint density at radius 3 is 2.96 bits per heavy atom. The number of ether oxygens (including phenoxy) is 1. The molecular formula is C17H19BrN2O2S. The van der Waals surface area contributed by atoms with E-state index in [0.717, 1.165) is 46.3 Å². The highest BCUT2D eigenvalue weighted by molar-refractivity contribution is 9.10. The Hall–Kier alpha value is -1.40. The molecule has 3 rings (SSSR count). The summed E-state index contributed by atoms with van der Waals surface area (Å²) < 4.78 is 6.58. The number of hydrogen-bond acceptors (Lipinski definition) is 3. The standard InChI is InChI=1S/C17H19BrN2O2S/c1-2-8-22-14-7-6-10(9-11(14)18)16-15-12(19-17(23)20-16)4-3-5-13(15)21/h6-7,9,16H,2-5,8H2,1H3,(H2,19,20,23). The molecule has 0 radical (unpaired) electrons. The van der Waals surface area contributed by atoms with E-state index in [-0.39, 0.29) is 11.8 Å². The van der Waals surface area contributed by atoms with Crippen LogP contribution in [-0.4, -0.2) is 17.5 Å². The summed E-state index contributed by atoms with van der Waals surface area (Å²) in [5.74, 6) is 1.01. The summed E-state index contributed by atoms with van der Waals surface area (Å²) in [6.45, 7) is 2.76. The summed E-state index contributed by atoms with van der Waals surface area (Å²) in [5.41, 5.74) is 2.80. The monoisotopic (exact) mass is 394 g/mol. The Kier molecular flexibility index (Phi) is 5.02. The molecule has 1 aromatic carbocycles. The molecule has 4 nitrogen and oxygen atoms in total. The Morgan fingerprint density at radius 1 is 1.39 bits per heavy atom. The molecule has 1 aromatic rings. The van der Waals surface area contributed by atoms with E-state index in [2.05, 4.69) is 33.5 Å². The third-order valence-corrected chi connectivity index (χ3v) is 4.88. The Bertz CT molecular complexity index is 687. The highest BCUT2D eigenvalue weighted by Gasteiger charge is 2.33. The SMILES string of the molecule is CCCOc1ccc(C2NC(=S)NC3=C2C(=O)CCC3)cc1Br. The Balaban J connectivity index is 1.94. The molecule has 0 aromatic heterocycles. The first kappa shape index (κ1) is 16.5. The predicted molar refractivity (Wildman–Crippen MR) is 97.4 cm³/mol. The molecule has 6 heteroatoms. The Labute approximate surface area is 149 Å². The van der Waals surface area contributed by atoms with Crippen molar-refractivity contribution in [2.24, 2.45) is 0 Å². The number of allylic oxidation sites excluding steroid dienone is 1. The van der Waals surface area contributed by atoms with Gasteiger partial charge in [-0.2, -0.15) is 0 Å². The molecule has 0 spiro atoms. The molecule has 0 fully saturated rings. The molecule has 0 bridgehead atoms. The number of nitrogens with one attached hydrogen (secondary N) is 2. The number of ketones is 1. The van der Waals surface area contributed by atoms with E-state index in [1.165, 1.54) is 0 Å². The molecule has 1 aliphatic carbocycles. The number of halogens is 1. The molecule has 1 atom stereocenters. The van der Waals surface area contributed by atoms with E-state index in [4.69, 9.17) is 17.0 Å². The molecule has 122 valence electrons. The minimum atomic E-state index is -0.192. The van der Waals surface area contributed by atoms with Crippen molar-refractivity contribution in [2.45, 2.75) is 38.6 Å². The van der Waals surface area contributed by atoms with Gasteiger partial charge in [-0.15, -0.1) is 0 Å². The number of hydrogen-bond donors (Lipinski definition) is 2. The number of carbonyl (C=O) groups excluding carboxylic acids is 1. The first-order chi connectivity index (χ1) is 11.1. The minimum Gasteiger partial charge on any atom is -0.492 e.